The van der Waals surface area contributed by atoms with Crippen LogP contribution < -0.4 is 16.2 Å². The van der Waals surface area contributed by atoms with Crippen LogP contribution in [0.5, 0.6) is 0 Å². The molecule has 2 aliphatic rings. The first kappa shape index (κ1) is 26.9. The summed E-state index contributed by atoms with van der Waals surface area (Å²) in [6.07, 6.45) is 9.53. The van der Waals surface area contributed by atoms with Crippen molar-refractivity contribution in [1.82, 2.24) is 29.8 Å². The van der Waals surface area contributed by atoms with Gasteiger partial charge in [-0.15, -0.1) is 11.3 Å². The van der Waals surface area contributed by atoms with Crippen LogP contribution in [0.3, 0.4) is 0 Å². The second-order valence-corrected chi connectivity index (χ2v) is 12.1. The van der Waals surface area contributed by atoms with E-state index in [0.717, 1.165) is 73.5 Å². The predicted molar refractivity (Wildman–Crippen MR) is 166 cm³/mol. The summed E-state index contributed by atoms with van der Waals surface area (Å²) < 4.78 is 7.11. The maximum atomic E-state index is 14.1. The Bertz CT molecular complexity index is 1760. The molecule has 2 aliphatic heterocycles. The third kappa shape index (κ3) is 5.45. The molecule has 5 aromatic rings. The lowest BCUT2D eigenvalue weighted by Gasteiger charge is -2.22. The summed E-state index contributed by atoms with van der Waals surface area (Å²) in [5.41, 5.74) is 5.97. The second kappa shape index (κ2) is 11.7. The van der Waals surface area contributed by atoms with Crippen molar-refractivity contribution in [3.05, 3.63) is 87.5 Å². The summed E-state index contributed by atoms with van der Waals surface area (Å²) in [6, 6.07) is 12.4. The van der Waals surface area contributed by atoms with E-state index >= 15 is 0 Å². The highest BCUT2D eigenvalue weighted by molar-refractivity contribution is 7.12. The molecule has 1 aromatic carbocycles. The summed E-state index contributed by atoms with van der Waals surface area (Å²) in [6.45, 7) is 5.76. The number of nitrogens with one attached hydrogen (secondary N) is 2. The van der Waals surface area contributed by atoms with Crippen LogP contribution in [0.25, 0.3) is 27.3 Å². The van der Waals surface area contributed by atoms with Crippen molar-refractivity contribution in [2.75, 3.05) is 31.6 Å². The van der Waals surface area contributed by atoms with Crippen LogP contribution in [0.15, 0.2) is 65.2 Å². The fourth-order valence-corrected chi connectivity index (χ4v) is 6.65. The van der Waals surface area contributed by atoms with Crippen LogP contribution in [-0.2, 0) is 11.2 Å². The minimum Gasteiger partial charge on any atom is -0.381 e. The molecule has 0 bridgehead atoms. The van der Waals surface area contributed by atoms with E-state index in [1.807, 2.05) is 24.6 Å². The Morgan fingerprint density at radius 3 is 2.64 bits per heavy atom. The normalized spacial score (nSPS) is 17.6. The number of hydrogen-bond donors (Lipinski definition) is 2. The molecule has 4 aromatic heterocycles. The molecule has 9 nitrogen and oxygen atoms in total. The summed E-state index contributed by atoms with van der Waals surface area (Å²) in [7, 11) is 0. The molecule has 1 unspecified atom stereocenters. The third-order valence-corrected chi connectivity index (χ3v) is 9.07. The van der Waals surface area contributed by atoms with Gasteiger partial charge in [0.15, 0.2) is 10.8 Å². The van der Waals surface area contributed by atoms with Crippen LogP contribution in [0.2, 0.25) is 0 Å². The number of fused-ring (bicyclic) bond motifs is 1. The molecule has 42 heavy (non-hydrogen) atoms. The van der Waals surface area contributed by atoms with Crippen LogP contribution >= 0.6 is 11.3 Å². The number of benzene rings is 1. The quantitative estimate of drug-likeness (QED) is 0.264. The molecule has 6 heterocycles. The highest BCUT2D eigenvalue weighted by Crippen LogP contribution is 2.30. The van der Waals surface area contributed by atoms with Crippen LogP contribution in [0, 0.1) is 12.8 Å². The highest BCUT2D eigenvalue weighted by Gasteiger charge is 2.21. The summed E-state index contributed by atoms with van der Waals surface area (Å²) in [5, 5.41) is 9.92. The number of rotatable bonds is 7. The van der Waals surface area contributed by atoms with E-state index in [1.54, 1.807) is 17.0 Å². The molecule has 7 rings (SSSR count). The van der Waals surface area contributed by atoms with Gasteiger partial charge in [-0.3, -0.25) is 9.78 Å². The molecule has 0 aliphatic carbocycles. The van der Waals surface area contributed by atoms with E-state index in [1.165, 1.54) is 23.3 Å². The van der Waals surface area contributed by atoms with Crippen LogP contribution in [0.4, 0.5) is 11.6 Å². The molecule has 2 fully saturated rings. The summed E-state index contributed by atoms with van der Waals surface area (Å²) in [5.74, 6) is 1.51. The molecular formula is C32H33N7O2S. The van der Waals surface area contributed by atoms with Crippen LogP contribution in [-0.4, -0.2) is 50.8 Å². The summed E-state index contributed by atoms with van der Waals surface area (Å²) >= 11 is 1.40. The molecule has 2 saturated heterocycles. The Morgan fingerprint density at radius 1 is 1.05 bits per heavy atom. The first-order valence-electron chi connectivity index (χ1n) is 14.6. The van der Waals surface area contributed by atoms with E-state index in [2.05, 4.69) is 50.9 Å². The SMILES string of the molecule is Cc1cc(C2CCOCC2)ncc1-c1cc2cnc(Nc3ccc(CC4CCNC4)cc3)nc2n(-c2nccs2)c1=O. The van der Waals surface area contributed by atoms with Gasteiger partial charge in [-0.2, -0.15) is 4.98 Å². The smallest absolute Gasteiger partial charge is 0.266 e. The van der Waals surface area contributed by atoms with Gasteiger partial charge >= 0.3 is 0 Å². The molecule has 0 spiro atoms. The number of anilines is 2. The Hall–Kier alpha value is -3.99. The van der Waals surface area contributed by atoms with Gasteiger partial charge in [-0.05, 0) is 87.0 Å². The third-order valence-electron chi connectivity index (χ3n) is 8.31. The van der Waals surface area contributed by atoms with Crippen molar-refractivity contribution in [3.63, 3.8) is 0 Å². The number of aromatic nitrogens is 5. The number of ether oxygens (including phenoxy) is 1. The monoisotopic (exact) mass is 579 g/mol. The van der Waals surface area contributed by atoms with Gasteiger partial charge in [0.05, 0.1) is 5.56 Å². The topological polar surface area (TPSA) is 107 Å². The maximum Gasteiger partial charge on any atom is 0.266 e. The zero-order valence-electron chi connectivity index (χ0n) is 23.5. The molecule has 1 atom stereocenters. The largest absolute Gasteiger partial charge is 0.381 e. The lowest BCUT2D eigenvalue weighted by atomic mass is 9.93. The Kier molecular flexibility index (Phi) is 7.50. The van der Waals surface area contributed by atoms with Gasteiger partial charge in [-0.25, -0.2) is 14.5 Å². The number of nitrogens with zero attached hydrogens (tertiary/aromatic N) is 5. The molecule has 0 amide bonds. The zero-order valence-corrected chi connectivity index (χ0v) is 24.4. The number of aryl methyl sites for hydroxylation is 1. The van der Waals surface area contributed by atoms with Gasteiger partial charge in [-0.1, -0.05) is 12.1 Å². The average Bonchev–Trinajstić information content (AvgIpc) is 3.74. The van der Waals surface area contributed by atoms with E-state index in [4.69, 9.17) is 14.7 Å². The molecular weight excluding hydrogens is 546 g/mol. The standard InChI is InChI=1S/C32H33N7O2S/c1-20-14-28(23-7-11-41-12-8-23)35-19-27(20)26-16-24-18-36-31(38-29(24)39(30(26)40)32-34-10-13-42-32)37-25-4-2-21(3-5-25)15-22-6-9-33-17-22/h2-5,10,13-14,16,18-19,22-23,33H,6-9,11-12,15,17H2,1H3,(H,36,37,38). The van der Waals surface area contributed by atoms with Gasteiger partial charge in [0.1, 0.15) is 0 Å². The first-order chi connectivity index (χ1) is 20.6. The van der Waals surface area contributed by atoms with E-state index < -0.39 is 0 Å². The number of thiazole rings is 1. The van der Waals surface area contributed by atoms with Crippen molar-refractivity contribution in [2.24, 2.45) is 5.92 Å². The van der Waals surface area contributed by atoms with E-state index in [-0.39, 0.29) is 5.56 Å². The Balaban J connectivity index is 1.23. The number of hydrogen-bond acceptors (Lipinski definition) is 9. The molecule has 0 saturated carbocycles. The molecule has 2 N–H and O–H groups in total. The molecule has 214 valence electrons. The Morgan fingerprint density at radius 2 is 1.90 bits per heavy atom. The molecule has 0 radical (unpaired) electrons. The zero-order chi connectivity index (χ0) is 28.5. The average molecular weight is 580 g/mol. The minimum atomic E-state index is -0.184. The maximum absolute atomic E-state index is 14.1. The fourth-order valence-electron chi connectivity index (χ4n) is 6.01. The Labute approximate surface area is 248 Å². The highest BCUT2D eigenvalue weighted by atomic mass is 32.1. The first-order valence-corrected chi connectivity index (χ1v) is 15.4. The van der Waals surface area contributed by atoms with Gasteiger partial charge in [0.2, 0.25) is 5.95 Å². The van der Waals surface area contributed by atoms with Crippen molar-refractivity contribution in [2.45, 2.75) is 38.5 Å². The van der Waals surface area contributed by atoms with E-state index in [0.29, 0.717) is 34.1 Å². The minimum absolute atomic E-state index is 0.184. The van der Waals surface area contributed by atoms with Crippen molar-refractivity contribution < 1.29 is 4.74 Å². The number of pyridine rings is 2. The van der Waals surface area contributed by atoms with Gasteiger partial charge in [0, 0.05) is 65.4 Å². The van der Waals surface area contributed by atoms with Gasteiger partial charge in [0.25, 0.3) is 5.56 Å². The lowest BCUT2D eigenvalue weighted by Crippen LogP contribution is -2.22. The van der Waals surface area contributed by atoms with Crippen molar-refractivity contribution in [1.29, 1.82) is 0 Å². The van der Waals surface area contributed by atoms with E-state index in [9.17, 15) is 4.79 Å². The van der Waals surface area contributed by atoms with Crippen molar-refractivity contribution >= 4 is 34.0 Å². The summed E-state index contributed by atoms with van der Waals surface area (Å²) in [4.78, 5) is 32.7. The molecule has 10 heteroatoms. The predicted octanol–water partition coefficient (Wildman–Crippen LogP) is 5.40. The second-order valence-electron chi connectivity index (χ2n) is 11.2. The fraction of sp³-hybridized carbons (Fsp3) is 0.344. The van der Waals surface area contributed by atoms with Crippen molar-refractivity contribution in [3.8, 4) is 16.3 Å². The van der Waals surface area contributed by atoms with Crippen LogP contribution in [0.1, 0.15) is 42.0 Å². The van der Waals surface area contributed by atoms with Gasteiger partial charge < -0.3 is 15.4 Å². The lowest BCUT2D eigenvalue weighted by molar-refractivity contribution is 0.0845.